The van der Waals surface area contributed by atoms with Crippen LogP contribution in [0.4, 0.5) is 10.6 Å². The zero-order valence-electron chi connectivity index (χ0n) is 16.3. The smallest absolute Gasteiger partial charge is 0.410 e. The summed E-state index contributed by atoms with van der Waals surface area (Å²) in [5.41, 5.74) is 0.910. The van der Waals surface area contributed by atoms with E-state index >= 15 is 0 Å². The predicted octanol–water partition coefficient (Wildman–Crippen LogP) is 0.583. The molecule has 3 rings (SSSR count). The van der Waals surface area contributed by atoms with Crippen molar-refractivity contribution in [2.75, 3.05) is 43.9 Å². The van der Waals surface area contributed by atoms with Crippen LogP contribution in [0.1, 0.15) is 32.0 Å². The van der Waals surface area contributed by atoms with E-state index < -0.39 is 21.5 Å². The molecule has 3 heterocycles. The molecule has 0 unspecified atom stereocenters. The Morgan fingerprint density at radius 2 is 1.81 bits per heavy atom. The van der Waals surface area contributed by atoms with Gasteiger partial charge in [0.15, 0.2) is 0 Å². The Balaban J connectivity index is 1.95. The van der Waals surface area contributed by atoms with Gasteiger partial charge in [0.05, 0.1) is 12.2 Å². The van der Waals surface area contributed by atoms with Gasteiger partial charge in [0, 0.05) is 44.5 Å². The van der Waals surface area contributed by atoms with Gasteiger partial charge in [-0.25, -0.2) is 23.2 Å². The number of hydrogen-bond acceptors (Lipinski definition) is 8. The van der Waals surface area contributed by atoms with E-state index in [0.29, 0.717) is 24.5 Å². The number of piperazine rings is 1. The van der Waals surface area contributed by atoms with Gasteiger partial charge in [0.1, 0.15) is 11.4 Å². The lowest BCUT2D eigenvalue weighted by Crippen LogP contribution is -2.45. The van der Waals surface area contributed by atoms with Crippen molar-refractivity contribution in [2.24, 2.45) is 0 Å². The molecule has 9 nitrogen and oxygen atoms in total. The topological polar surface area (TPSA) is 105 Å². The Hall–Kier alpha value is -1.94. The van der Waals surface area contributed by atoms with Crippen LogP contribution in [0.3, 0.4) is 0 Å². The third-order valence-electron chi connectivity index (χ3n) is 4.42. The Morgan fingerprint density at radius 1 is 1.15 bits per heavy atom. The minimum absolute atomic E-state index is 0.194. The number of sulfone groups is 1. The molecule has 150 valence electrons. The van der Waals surface area contributed by atoms with Gasteiger partial charge in [-0.15, -0.1) is 0 Å². The van der Waals surface area contributed by atoms with Crippen LogP contribution in [-0.2, 0) is 27.5 Å². The molecule has 0 aliphatic carbocycles. The molecule has 0 saturated carbocycles. The lowest BCUT2D eigenvalue weighted by molar-refractivity contribution is 0.0220. The molecule has 27 heavy (non-hydrogen) atoms. The Labute approximate surface area is 160 Å². The van der Waals surface area contributed by atoms with Gasteiger partial charge in [-0.1, -0.05) is 0 Å². The van der Waals surface area contributed by atoms with Crippen molar-refractivity contribution in [1.82, 2.24) is 20.2 Å². The van der Waals surface area contributed by atoms with Crippen LogP contribution in [0.15, 0.2) is 5.16 Å². The van der Waals surface area contributed by atoms with Gasteiger partial charge < -0.3 is 19.9 Å². The molecule has 1 amide bonds. The zero-order valence-corrected chi connectivity index (χ0v) is 17.1. The van der Waals surface area contributed by atoms with E-state index in [9.17, 15) is 13.2 Å². The first-order valence-electron chi connectivity index (χ1n) is 9.08. The van der Waals surface area contributed by atoms with Gasteiger partial charge in [0.2, 0.25) is 15.0 Å². The summed E-state index contributed by atoms with van der Waals surface area (Å²) in [6.07, 6.45) is 1.25. The van der Waals surface area contributed by atoms with Crippen LogP contribution in [0.5, 0.6) is 0 Å². The molecule has 1 fully saturated rings. The van der Waals surface area contributed by atoms with Gasteiger partial charge in [-0.3, -0.25) is 0 Å². The molecule has 1 saturated heterocycles. The summed E-state index contributed by atoms with van der Waals surface area (Å²) in [5.74, 6) is 0.672. The normalized spacial score (nSPS) is 18.2. The molecule has 0 aromatic carbocycles. The second kappa shape index (κ2) is 7.23. The first-order valence-corrected chi connectivity index (χ1v) is 11.0. The second-order valence-corrected chi connectivity index (χ2v) is 9.83. The molecule has 1 aromatic rings. The average Bonchev–Trinajstić information content (AvgIpc) is 2.58. The first kappa shape index (κ1) is 19.8. The number of carbonyl (C=O) groups excluding carboxylic acids is 1. The molecule has 1 N–H and O–H groups in total. The minimum Gasteiger partial charge on any atom is -0.444 e. The minimum atomic E-state index is -3.56. The molecule has 2 aliphatic rings. The maximum atomic E-state index is 12.4. The number of rotatable bonds is 2. The van der Waals surface area contributed by atoms with Gasteiger partial charge >= 0.3 is 6.09 Å². The second-order valence-electron chi connectivity index (χ2n) is 7.92. The van der Waals surface area contributed by atoms with E-state index in [1.54, 1.807) is 4.90 Å². The van der Waals surface area contributed by atoms with E-state index in [-0.39, 0.29) is 11.7 Å². The molecule has 0 atom stereocenters. The number of nitrogens with zero attached hydrogens (tertiary/aromatic N) is 4. The molecular weight excluding hydrogens is 370 g/mol. The number of amides is 1. The number of nitrogens with one attached hydrogen (secondary N) is 1. The summed E-state index contributed by atoms with van der Waals surface area (Å²) in [7, 11) is -3.56. The van der Waals surface area contributed by atoms with E-state index in [4.69, 9.17) is 4.74 Å². The number of fused-ring (bicyclic) bond motifs is 1. The van der Waals surface area contributed by atoms with E-state index in [1.807, 2.05) is 20.8 Å². The maximum absolute atomic E-state index is 12.4. The molecular formula is C17H27N5O4S. The van der Waals surface area contributed by atoms with Gasteiger partial charge in [0.25, 0.3) is 0 Å². The van der Waals surface area contributed by atoms with Crippen molar-refractivity contribution in [3.05, 3.63) is 11.3 Å². The lowest BCUT2D eigenvalue weighted by Gasteiger charge is -2.34. The zero-order chi connectivity index (χ0) is 19.8. The SMILES string of the molecule is CC(C)(C)OC(=O)N1CCc2c(nc(S(C)(=O)=O)nc2N2CCNCC2)C1. The maximum Gasteiger partial charge on any atom is 0.410 e. The number of carbonyl (C=O) groups is 1. The highest BCUT2D eigenvalue weighted by Gasteiger charge is 2.31. The Kier molecular flexibility index (Phi) is 5.31. The van der Waals surface area contributed by atoms with E-state index in [0.717, 1.165) is 38.0 Å². The van der Waals surface area contributed by atoms with Crippen molar-refractivity contribution < 1.29 is 17.9 Å². The fourth-order valence-electron chi connectivity index (χ4n) is 3.17. The van der Waals surface area contributed by atoms with Crippen LogP contribution >= 0.6 is 0 Å². The largest absolute Gasteiger partial charge is 0.444 e. The predicted molar refractivity (Wildman–Crippen MR) is 101 cm³/mol. The molecule has 2 aliphatic heterocycles. The molecule has 0 spiro atoms. The molecule has 0 radical (unpaired) electrons. The number of aromatic nitrogens is 2. The standard InChI is InChI=1S/C17H27N5O4S/c1-17(2,3)26-16(23)22-8-5-12-13(11-22)19-15(27(4,24)25)20-14(12)21-9-6-18-7-10-21/h18H,5-11H2,1-4H3. The van der Waals surface area contributed by atoms with Crippen LogP contribution in [0.2, 0.25) is 0 Å². The highest BCUT2D eigenvalue weighted by Crippen LogP contribution is 2.28. The van der Waals surface area contributed by atoms with Crippen LogP contribution < -0.4 is 10.2 Å². The third-order valence-corrected chi connectivity index (χ3v) is 5.27. The van der Waals surface area contributed by atoms with Crippen molar-refractivity contribution >= 4 is 21.7 Å². The van der Waals surface area contributed by atoms with Gasteiger partial charge in [-0.05, 0) is 27.2 Å². The van der Waals surface area contributed by atoms with E-state index in [1.165, 1.54) is 0 Å². The van der Waals surface area contributed by atoms with Crippen LogP contribution in [0.25, 0.3) is 0 Å². The molecule has 1 aromatic heterocycles. The quantitative estimate of drug-likeness (QED) is 0.723. The fourth-order valence-corrected chi connectivity index (χ4v) is 3.70. The summed E-state index contributed by atoms with van der Waals surface area (Å²) < 4.78 is 29.6. The lowest BCUT2D eigenvalue weighted by atomic mass is 10.1. The highest BCUT2D eigenvalue weighted by atomic mass is 32.2. The molecule has 10 heteroatoms. The number of anilines is 1. The average molecular weight is 398 g/mol. The Morgan fingerprint density at radius 3 is 2.41 bits per heavy atom. The fraction of sp³-hybridized carbons (Fsp3) is 0.706. The Bertz CT molecular complexity index is 828. The molecule has 0 bridgehead atoms. The summed E-state index contributed by atoms with van der Waals surface area (Å²) in [6, 6.07) is 0. The van der Waals surface area contributed by atoms with E-state index in [2.05, 4.69) is 20.2 Å². The monoisotopic (exact) mass is 397 g/mol. The van der Waals surface area contributed by atoms with Crippen molar-refractivity contribution in [3.63, 3.8) is 0 Å². The first-order chi connectivity index (χ1) is 12.5. The van der Waals surface area contributed by atoms with Crippen molar-refractivity contribution in [1.29, 1.82) is 0 Å². The number of hydrogen-bond donors (Lipinski definition) is 1. The van der Waals surface area contributed by atoms with Crippen LogP contribution in [-0.4, -0.2) is 74.0 Å². The summed E-state index contributed by atoms with van der Waals surface area (Å²) in [4.78, 5) is 24.7. The van der Waals surface area contributed by atoms with Gasteiger partial charge in [-0.2, -0.15) is 0 Å². The van der Waals surface area contributed by atoms with Crippen molar-refractivity contribution in [2.45, 2.75) is 44.5 Å². The number of ether oxygens (including phenoxy) is 1. The summed E-state index contributed by atoms with van der Waals surface area (Å²) in [6.45, 7) is 9.29. The van der Waals surface area contributed by atoms with Crippen LogP contribution in [0, 0.1) is 0 Å². The highest BCUT2D eigenvalue weighted by molar-refractivity contribution is 7.90. The summed E-state index contributed by atoms with van der Waals surface area (Å²) >= 11 is 0. The van der Waals surface area contributed by atoms with Crippen molar-refractivity contribution in [3.8, 4) is 0 Å². The third kappa shape index (κ3) is 4.67. The summed E-state index contributed by atoms with van der Waals surface area (Å²) in [5, 5.41) is 3.09.